The van der Waals surface area contributed by atoms with E-state index in [9.17, 15) is 0 Å². The lowest BCUT2D eigenvalue weighted by atomic mass is 10.5. The maximum absolute atomic E-state index is 5.53. The smallest absolute Gasteiger partial charge is 0.0783 e. The van der Waals surface area contributed by atoms with Gasteiger partial charge in [0.25, 0.3) is 0 Å². The molecule has 0 amide bonds. The maximum Gasteiger partial charge on any atom is 0.0783 e. The molecule has 0 aromatic rings. The molecule has 0 aliphatic carbocycles. The Bertz CT molecular complexity index is 132. The number of nitrogens with one attached hydrogen (secondary N) is 2. The molecule has 0 spiro atoms. The van der Waals surface area contributed by atoms with Gasteiger partial charge in [-0.15, -0.1) is 0 Å². The van der Waals surface area contributed by atoms with Crippen molar-refractivity contribution in [2.24, 2.45) is 0 Å². The Labute approximate surface area is 57.1 Å². The van der Waals surface area contributed by atoms with Crippen LogP contribution in [0.5, 0.6) is 0 Å². The van der Waals surface area contributed by atoms with E-state index in [1.807, 2.05) is 0 Å². The number of hydrogen-bond acceptors (Lipinski definition) is 2. The summed E-state index contributed by atoms with van der Waals surface area (Å²) in [5.41, 5.74) is 5.32. The van der Waals surface area contributed by atoms with Crippen LogP contribution in [0.2, 0.25) is 0 Å². The molecule has 2 nitrogen and oxygen atoms in total. The Kier molecular flexibility index (Phi) is 1.65. The summed E-state index contributed by atoms with van der Waals surface area (Å²) in [6.07, 6.45) is 3.15. The highest BCUT2D eigenvalue weighted by Gasteiger charge is 1.99. The van der Waals surface area contributed by atoms with Crippen molar-refractivity contribution in [3.8, 4) is 0 Å². The van der Waals surface area contributed by atoms with Crippen molar-refractivity contribution < 1.29 is 0 Å². The van der Waals surface area contributed by atoms with Crippen LogP contribution in [0.15, 0.2) is 22.5 Å². The molecule has 4 heteroatoms. The van der Waals surface area contributed by atoms with E-state index in [4.69, 9.17) is 23.2 Å². The van der Waals surface area contributed by atoms with Crippen LogP contribution in [-0.4, -0.2) is 0 Å². The van der Waals surface area contributed by atoms with Gasteiger partial charge in [-0.3, -0.25) is 0 Å². The Balaban J connectivity index is 2.73. The molecule has 0 radical (unpaired) electrons. The van der Waals surface area contributed by atoms with E-state index >= 15 is 0 Å². The molecule has 0 aromatic carbocycles. The summed E-state index contributed by atoms with van der Waals surface area (Å²) < 4.78 is 0. The van der Waals surface area contributed by atoms with E-state index in [0.29, 0.717) is 10.1 Å². The summed E-state index contributed by atoms with van der Waals surface area (Å²) in [6, 6.07) is 0. The molecule has 1 aliphatic heterocycles. The van der Waals surface area contributed by atoms with Gasteiger partial charge in [-0.05, 0) is 0 Å². The van der Waals surface area contributed by atoms with Gasteiger partial charge in [0.1, 0.15) is 0 Å². The first-order valence-corrected chi connectivity index (χ1v) is 2.79. The van der Waals surface area contributed by atoms with Crippen molar-refractivity contribution in [1.82, 2.24) is 10.9 Å². The number of hydrazine groups is 1. The van der Waals surface area contributed by atoms with Gasteiger partial charge in [-0.2, -0.15) is 0 Å². The summed E-state index contributed by atoms with van der Waals surface area (Å²) in [4.78, 5) is 0. The third kappa shape index (κ3) is 1.08. The van der Waals surface area contributed by atoms with Gasteiger partial charge in [0.05, 0.1) is 10.1 Å². The molecular formula is C4H4Cl2N2. The molecule has 0 saturated carbocycles. The Morgan fingerprint density at radius 2 is 1.38 bits per heavy atom. The number of rotatable bonds is 0. The molecule has 0 atom stereocenters. The second-order valence-electron chi connectivity index (χ2n) is 1.27. The zero-order chi connectivity index (χ0) is 5.98. The van der Waals surface area contributed by atoms with Gasteiger partial charge >= 0.3 is 0 Å². The molecule has 0 fully saturated rings. The van der Waals surface area contributed by atoms with Crippen molar-refractivity contribution in [2.45, 2.75) is 0 Å². The predicted molar refractivity (Wildman–Crippen MR) is 34.1 cm³/mol. The van der Waals surface area contributed by atoms with Crippen LogP contribution in [0.4, 0.5) is 0 Å². The first-order valence-electron chi connectivity index (χ1n) is 2.03. The molecule has 1 rings (SSSR count). The molecule has 0 bridgehead atoms. The monoisotopic (exact) mass is 150 g/mol. The van der Waals surface area contributed by atoms with Crippen molar-refractivity contribution in [3.63, 3.8) is 0 Å². The fourth-order valence-electron chi connectivity index (χ4n) is 0.348. The molecule has 44 valence electrons. The molecular weight excluding hydrogens is 147 g/mol. The lowest BCUT2D eigenvalue weighted by molar-refractivity contribution is 0.762. The average Bonchev–Trinajstić information content (AvgIpc) is 1.77. The summed E-state index contributed by atoms with van der Waals surface area (Å²) in [7, 11) is 0. The summed E-state index contributed by atoms with van der Waals surface area (Å²) in [5, 5.41) is 1.04. The molecule has 1 heterocycles. The van der Waals surface area contributed by atoms with Crippen molar-refractivity contribution in [2.75, 3.05) is 0 Å². The highest BCUT2D eigenvalue weighted by molar-refractivity contribution is 6.43. The minimum Gasteiger partial charge on any atom is -0.307 e. The van der Waals surface area contributed by atoms with Crippen LogP contribution in [0.1, 0.15) is 0 Å². The van der Waals surface area contributed by atoms with Gasteiger partial charge < -0.3 is 10.9 Å². The quantitative estimate of drug-likeness (QED) is 0.544. The lowest BCUT2D eigenvalue weighted by Gasteiger charge is -2.06. The van der Waals surface area contributed by atoms with Crippen LogP contribution < -0.4 is 10.9 Å². The number of halogens is 2. The predicted octanol–water partition coefficient (Wildman–Crippen LogP) is 1.25. The lowest BCUT2D eigenvalue weighted by Crippen LogP contribution is -2.23. The molecule has 0 saturated heterocycles. The van der Waals surface area contributed by atoms with Crippen LogP contribution in [0, 0.1) is 0 Å². The van der Waals surface area contributed by atoms with E-state index < -0.39 is 0 Å². The Hall–Kier alpha value is -0.340. The molecule has 8 heavy (non-hydrogen) atoms. The Morgan fingerprint density at radius 3 is 1.62 bits per heavy atom. The Morgan fingerprint density at radius 1 is 1.00 bits per heavy atom. The standard InChI is InChI=1S/C4H4Cl2N2/c5-3-1-7-8-2-4(3)6/h1-2,7-8H. The molecule has 1 aliphatic rings. The fraction of sp³-hybridized carbons (Fsp3) is 0. The van der Waals surface area contributed by atoms with Crippen molar-refractivity contribution in [1.29, 1.82) is 0 Å². The van der Waals surface area contributed by atoms with Crippen LogP contribution in [-0.2, 0) is 0 Å². The van der Waals surface area contributed by atoms with E-state index in [2.05, 4.69) is 10.9 Å². The normalized spacial score (nSPS) is 17.8. The minimum absolute atomic E-state index is 0.519. The zero-order valence-electron chi connectivity index (χ0n) is 3.91. The SMILES string of the molecule is ClC1=CNNC=C1Cl. The fourth-order valence-corrected chi connectivity index (χ4v) is 0.566. The van der Waals surface area contributed by atoms with E-state index in [1.165, 1.54) is 0 Å². The van der Waals surface area contributed by atoms with E-state index in [1.54, 1.807) is 12.4 Å². The van der Waals surface area contributed by atoms with Crippen LogP contribution in [0.3, 0.4) is 0 Å². The topological polar surface area (TPSA) is 24.1 Å². The summed E-state index contributed by atoms with van der Waals surface area (Å²) in [6.45, 7) is 0. The van der Waals surface area contributed by atoms with E-state index in [0.717, 1.165) is 0 Å². The van der Waals surface area contributed by atoms with Crippen LogP contribution in [0.25, 0.3) is 0 Å². The van der Waals surface area contributed by atoms with Crippen molar-refractivity contribution >= 4 is 23.2 Å². The van der Waals surface area contributed by atoms with Gasteiger partial charge in [0.15, 0.2) is 0 Å². The van der Waals surface area contributed by atoms with Gasteiger partial charge in [0.2, 0.25) is 0 Å². The second-order valence-corrected chi connectivity index (χ2v) is 2.09. The average molecular weight is 151 g/mol. The van der Waals surface area contributed by atoms with Crippen molar-refractivity contribution in [3.05, 3.63) is 22.5 Å². The molecule has 0 aromatic heterocycles. The summed E-state index contributed by atoms with van der Waals surface area (Å²) in [5.74, 6) is 0. The second kappa shape index (κ2) is 2.29. The first kappa shape index (κ1) is 5.79. The minimum atomic E-state index is 0.519. The third-order valence-electron chi connectivity index (χ3n) is 0.709. The van der Waals surface area contributed by atoms with Crippen LogP contribution >= 0.6 is 23.2 Å². The number of allylic oxidation sites excluding steroid dienone is 2. The highest BCUT2D eigenvalue weighted by Crippen LogP contribution is 2.17. The highest BCUT2D eigenvalue weighted by atomic mass is 35.5. The zero-order valence-corrected chi connectivity index (χ0v) is 5.42. The third-order valence-corrected chi connectivity index (χ3v) is 1.43. The maximum atomic E-state index is 5.53. The van der Waals surface area contributed by atoms with Gasteiger partial charge in [-0.25, -0.2) is 0 Å². The molecule has 2 N–H and O–H groups in total. The number of hydrogen-bond donors (Lipinski definition) is 2. The molecule has 0 unspecified atom stereocenters. The van der Waals surface area contributed by atoms with Gasteiger partial charge in [-0.1, -0.05) is 23.2 Å². The first-order chi connectivity index (χ1) is 3.80. The summed E-state index contributed by atoms with van der Waals surface area (Å²) >= 11 is 11.1. The van der Waals surface area contributed by atoms with Gasteiger partial charge in [0, 0.05) is 12.4 Å². The largest absolute Gasteiger partial charge is 0.307 e. The van der Waals surface area contributed by atoms with E-state index in [-0.39, 0.29) is 0 Å².